The van der Waals surface area contributed by atoms with Gasteiger partial charge in [0.15, 0.2) is 0 Å². The van der Waals surface area contributed by atoms with Gasteiger partial charge in [0, 0.05) is 13.2 Å². The molecular formula is C17H26N2O2. The van der Waals surface area contributed by atoms with Crippen LogP contribution in [0.4, 0.5) is 0 Å². The summed E-state index contributed by atoms with van der Waals surface area (Å²) in [5, 5.41) is 6.17. The van der Waals surface area contributed by atoms with Gasteiger partial charge in [0.25, 0.3) is 0 Å². The van der Waals surface area contributed by atoms with Crippen LogP contribution in [0.25, 0.3) is 0 Å². The predicted molar refractivity (Wildman–Crippen MR) is 83.8 cm³/mol. The summed E-state index contributed by atoms with van der Waals surface area (Å²) in [7, 11) is 0. The highest BCUT2D eigenvalue weighted by Crippen LogP contribution is 2.27. The molecule has 0 atom stereocenters. The molecule has 0 radical (unpaired) electrons. The van der Waals surface area contributed by atoms with Crippen LogP contribution in [0.3, 0.4) is 0 Å². The fourth-order valence-corrected chi connectivity index (χ4v) is 2.17. The molecule has 21 heavy (non-hydrogen) atoms. The average Bonchev–Trinajstić information content (AvgIpc) is 3.31. The number of ether oxygens (including phenoxy) is 1. The van der Waals surface area contributed by atoms with Crippen molar-refractivity contribution in [2.75, 3.05) is 19.7 Å². The number of hydrogen-bond donors (Lipinski definition) is 2. The highest BCUT2D eigenvalue weighted by atomic mass is 16.5. The molecule has 2 N–H and O–H groups in total. The van der Waals surface area contributed by atoms with Crippen molar-refractivity contribution >= 4 is 5.91 Å². The van der Waals surface area contributed by atoms with E-state index in [4.69, 9.17) is 4.74 Å². The smallest absolute Gasteiger partial charge is 0.234 e. The molecule has 4 nitrogen and oxygen atoms in total. The van der Waals surface area contributed by atoms with Crippen molar-refractivity contribution in [2.45, 2.75) is 39.3 Å². The van der Waals surface area contributed by atoms with Crippen molar-refractivity contribution in [1.29, 1.82) is 0 Å². The van der Waals surface area contributed by atoms with E-state index in [1.54, 1.807) is 0 Å². The van der Waals surface area contributed by atoms with E-state index in [0.29, 0.717) is 19.7 Å². The number of rotatable bonds is 10. The maximum Gasteiger partial charge on any atom is 0.234 e. The Bertz CT molecular complexity index is 444. The zero-order valence-corrected chi connectivity index (χ0v) is 12.9. The molecule has 0 saturated heterocycles. The van der Waals surface area contributed by atoms with Gasteiger partial charge < -0.3 is 15.4 Å². The molecule has 0 spiro atoms. The molecular weight excluding hydrogens is 264 g/mol. The Morgan fingerprint density at radius 1 is 1.29 bits per heavy atom. The summed E-state index contributed by atoms with van der Waals surface area (Å²) in [6.07, 6.45) is 3.63. The Balaban J connectivity index is 1.71. The van der Waals surface area contributed by atoms with E-state index in [-0.39, 0.29) is 5.91 Å². The lowest BCUT2D eigenvalue weighted by Gasteiger charge is -2.11. The minimum absolute atomic E-state index is 0.0555. The van der Waals surface area contributed by atoms with Crippen LogP contribution >= 0.6 is 0 Å². The lowest BCUT2D eigenvalue weighted by molar-refractivity contribution is -0.120. The minimum atomic E-state index is 0.0555. The van der Waals surface area contributed by atoms with E-state index >= 15 is 0 Å². The van der Waals surface area contributed by atoms with Gasteiger partial charge >= 0.3 is 0 Å². The normalized spacial score (nSPS) is 14.1. The largest absolute Gasteiger partial charge is 0.377 e. The molecule has 1 aromatic carbocycles. The first kappa shape index (κ1) is 16.0. The molecule has 1 fully saturated rings. The van der Waals surface area contributed by atoms with E-state index in [2.05, 4.69) is 23.6 Å². The van der Waals surface area contributed by atoms with E-state index in [0.717, 1.165) is 36.6 Å². The van der Waals surface area contributed by atoms with Crippen molar-refractivity contribution in [3.8, 4) is 0 Å². The summed E-state index contributed by atoms with van der Waals surface area (Å²) in [6, 6.07) is 8.11. The molecule has 0 heterocycles. The van der Waals surface area contributed by atoms with E-state index in [9.17, 15) is 4.79 Å². The molecule has 0 bridgehead atoms. The number of carbonyl (C=O) groups excluding carboxylic acids is 1. The molecule has 1 amide bonds. The Kier molecular flexibility index (Phi) is 6.70. The second-order valence-corrected chi connectivity index (χ2v) is 5.67. The van der Waals surface area contributed by atoms with Crippen molar-refractivity contribution < 1.29 is 9.53 Å². The van der Waals surface area contributed by atoms with Gasteiger partial charge in [-0.05, 0) is 42.9 Å². The molecule has 0 unspecified atom stereocenters. The summed E-state index contributed by atoms with van der Waals surface area (Å²) in [5.41, 5.74) is 2.28. The molecule has 1 saturated carbocycles. The molecule has 1 aliphatic carbocycles. The molecule has 1 aliphatic rings. The van der Waals surface area contributed by atoms with Crippen LogP contribution in [0, 0.1) is 5.92 Å². The van der Waals surface area contributed by atoms with Gasteiger partial charge in [-0.2, -0.15) is 0 Å². The van der Waals surface area contributed by atoms with Crippen LogP contribution in [-0.2, 0) is 22.7 Å². The Labute approximate surface area is 127 Å². The summed E-state index contributed by atoms with van der Waals surface area (Å²) < 4.78 is 5.59. The van der Waals surface area contributed by atoms with Gasteiger partial charge in [-0.1, -0.05) is 31.2 Å². The number of nitrogens with one attached hydrogen (secondary N) is 2. The summed E-state index contributed by atoms with van der Waals surface area (Å²) >= 11 is 0. The second-order valence-electron chi connectivity index (χ2n) is 5.67. The first-order valence-corrected chi connectivity index (χ1v) is 7.91. The monoisotopic (exact) mass is 290 g/mol. The van der Waals surface area contributed by atoms with Crippen LogP contribution < -0.4 is 10.6 Å². The van der Waals surface area contributed by atoms with Gasteiger partial charge in [0.2, 0.25) is 5.91 Å². The molecule has 1 aromatic rings. The third-order valence-corrected chi connectivity index (χ3v) is 3.62. The molecule has 0 aromatic heterocycles. The molecule has 116 valence electrons. The number of hydrogen-bond acceptors (Lipinski definition) is 3. The third kappa shape index (κ3) is 6.27. The SMILES string of the molecule is CCCOCc1ccccc1CNC(=O)CNCC1CC1. The van der Waals surface area contributed by atoms with E-state index in [1.165, 1.54) is 12.8 Å². The van der Waals surface area contributed by atoms with Crippen molar-refractivity contribution in [3.63, 3.8) is 0 Å². The summed E-state index contributed by atoms with van der Waals surface area (Å²) in [6.45, 7) is 5.42. The Morgan fingerprint density at radius 2 is 2.05 bits per heavy atom. The lowest BCUT2D eigenvalue weighted by atomic mass is 10.1. The van der Waals surface area contributed by atoms with Crippen LogP contribution in [0.15, 0.2) is 24.3 Å². The maximum atomic E-state index is 11.8. The number of carbonyl (C=O) groups is 1. The van der Waals surface area contributed by atoms with Gasteiger partial charge in [0.05, 0.1) is 13.2 Å². The Hall–Kier alpha value is -1.39. The van der Waals surface area contributed by atoms with E-state index < -0.39 is 0 Å². The highest BCUT2D eigenvalue weighted by Gasteiger charge is 2.20. The molecule has 0 aliphatic heterocycles. The fraction of sp³-hybridized carbons (Fsp3) is 0.588. The van der Waals surface area contributed by atoms with E-state index in [1.807, 2.05) is 18.2 Å². The van der Waals surface area contributed by atoms with Gasteiger partial charge in [0.1, 0.15) is 0 Å². The quantitative estimate of drug-likeness (QED) is 0.650. The zero-order chi connectivity index (χ0) is 14.9. The van der Waals surface area contributed by atoms with Crippen molar-refractivity contribution in [3.05, 3.63) is 35.4 Å². The number of benzene rings is 1. The minimum Gasteiger partial charge on any atom is -0.377 e. The molecule has 4 heteroatoms. The van der Waals surface area contributed by atoms with Crippen LogP contribution in [0.1, 0.15) is 37.3 Å². The van der Waals surface area contributed by atoms with Gasteiger partial charge in [-0.15, -0.1) is 0 Å². The first-order chi connectivity index (χ1) is 10.3. The summed E-state index contributed by atoms with van der Waals surface area (Å²) in [5.74, 6) is 0.856. The van der Waals surface area contributed by atoms with Gasteiger partial charge in [-0.25, -0.2) is 0 Å². The van der Waals surface area contributed by atoms with Crippen LogP contribution in [-0.4, -0.2) is 25.6 Å². The van der Waals surface area contributed by atoms with Crippen molar-refractivity contribution in [2.24, 2.45) is 5.92 Å². The topological polar surface area (TPSA) is 50.4 Å². The average molecular weight is 290 g/mol. The van der Waals surface area contributed by atoms with Crippen molar-refractivity contribution in [1.82, 2.24) is 10.6 Å². The van der Waals surface area contributed by atoms with Crippen LogP contribution in [0.2, 0.25) is 0 Å². The first-order valence-electron chi connectivity index (χ1n) is 7.91. The lowest BCUT2D eigenvalue weighted by Crippen LogP contribution is -2.34. The number of amides is 1. The zero-order valence-electron chi connectivity index (χ0n) is 12.9. The standard InChI is InChI=1S/C17H26N2O2/c1-2-9-21-13-16-6-4-3-5-15(16)11-19-17(20)12-18-10-14-7-8-14/h3-6,14,18H,2,7-13H2,1H3,(H,19,20). The third-order valence-electron chi connectivity index (χ3n) is 3.62. The predicted octanol–water partition coefficient (Wildman–Crippen LogP) is 2.23. The Morgan fingerprint density at radius 3 is 2.76 bits per heavy atom. The van der Waals surface area contributed by atoms with Gasteiger partial charge in [-0.3, -0.25) is 4.79 Å². The summed E-state index contributed by atoms with van der Waals surface area (Å²) in [4.78, 5) is 11.8. The molecule has 2 rings (SSSR count). The second kappa shape index (κ2) is 8.80. The fourth-order valence-electron chi connectivity index (χ4n) is 2.17. The highest BCUT2D eigenvalue weighted by molar-refractivity contribution is 5.78. The van der Waals surface area contributed by atoms with Crippen LogP contribution in [0.5, 0.6) is 0 Å². The maximum absolute atomic E-state index is 11.8.